The van der Waals surface area contributed by atoms with Gasteiger partial charge in [-0.05, 0) is 19.8 Å². The van der Waals surface area contributed by atoms with E-state index in [2.05, 4.69) is 22.3 Å². The summed E-state index contributed by atoms with van der Waals surface area (Å²) in [5.41, 5.74) is 3.36. The van der Waals surface area contributed by atoms with Crippen molar-refractivity contribution in [3.05, 3.63) is 17.7 Å². The van der Waals surface area contributed by atoms with E-state index in [-0.39, 0.29) is 17.9 Å². The highest BCUT2D eigenvalue weighted by Gasteiger charge is 2.29. The van der Waals surface area contributed by atoms with Gasteiger partial charge in [-0.25, -0.2) is 9.97 Å². The number of nitrogens with one attached hydrogen (secondary N) is 1. The maximum atomic E-state index is 12.6. The third-order valence-corrected chi connectivity index (χ3v) is 3.50. The van der Waals surface area contributed by atoms with Crippen LogP contribution in [0.25, 0.3) is 0 Å². The summed E-state index contributed by atoms with van der Waals surface area (Å²) in [6.45, 7) is 6.84. The van der Waals surface area contributed by atoms with Crippen LogP contribution in [0, 0.1) is 0 Å². The van der Waals surface area contributed by atoms with Crippen molar-refractivity contribution in [2.45, 2.75) is 45.6 Å². The smallest absolute Gasteiger partial charge is 0.275 e. The molecule has 0 aromatic carbocycles. The van der Waals surface area contributed by atoms with Crippen LogP contribution < -0.4 is 11.3 Å². The summed E-state index contributed by atoms with van der Waals surface area (Å²) in [7, 11) is 0. The number of likely N-dealkylation sites (tertiary alicyclic amines) is 1. The number of amides is 1. The van der Waals surface area contributed by atoms with Gasteiger partial charge in [-0.1, -0.05) is 13.8 Å². The lowest BCUT2D eigenvalue weighted by Gasteiger charge is -2.22. The van der Waals surface area contributed by atoms with Gasteiger partial charge in [0.25, 0.3) is 5.91 Å². The second-order valence-corrected chi connectivity index (χ2v) is 5.28. The molecule has 1 amide bonds. The van der Waals surface area contributed by atoms with Crippen LogP contribution in [0.15, 0.2) is 6.20 Å². The van der Waals surface area contributed by atoms with E-state index >= 15 is 0 Å². The summed E-state index contributed by atoms with van der Waals surface area (Å²) in [4.78, 5) is 23.0. The Morgan fingerprint density at radius 2 is 2.32 bits per heavy atom. The van der Waals surface area contributed by atoms with E-state index < -0.39 is 0 Å². The number of nitrogens with zero attached hydrogens (tertiary/aromatic N) is 3. The van der Waals surface area contributed by atoms with Gasteiger partial charge in [0, 0.05) is 18.5 Å². The second-order valence-electron chi connectivity index (χ2n) is 5.28. The van der Waals surface area contributed by atoms with Crippen LogP contribution in [-0.4, -0.2) is 33.4 Å². The van der Waals surface area contributed by atoms with E-state index in [9.17, 15) is 4.79 Å². The molecule has 19 heavy (non-hydrogen) atoms. The zero-order chi connectivity index (χ0) is 14.0. The molecule has 0 bridgehead atoms. The van der Waals surface area contributed by atoms with E-state index in [4.69, 9.17) is 5.84 Å². The summed E-state index contributed by atoms with van der Waals surface area (Å²) >= 11 is 0. The van der Waals surface area contributed by atoms with Crippen molar-refractivity contribution in [1.29, 1.82) is 0 Å². The van der Waals surface area contributed by atoms with E-state index in [1.165, 1.54) is 0 Å². The van der Waals surface area contributed by atoms with Gasteiger partial charge in [0.2, 0.25) is 0 Å². The summed E-state index contributed by atoms with van der Waals surface area (Å²) in [6.07, 6.45) is 3.66. The third kappa shape index (κ3) is 2.68. The fourth-order valence-corrected chi connectivity index (χ4v) is 2.31. The number of hydrogen-bond acceptors (Lipinski definition) is 5. The number of hydrogen-bond donors (Lipinski definition) is 2. The minimum Gasteiger partial charge on any atom is -0.335 e. The standard InChI is InChI=1S/C13H21N5O/c1-8(2)12-15-7-10(17-14)11(16-12)13(19)18-6-4-5-9(18)3/h7-9,17H,4-6,14H2,1-3H3. The van der Waals surface area contributed by atoms with Crippen molar-refractivity contribution in [1.82, 2.24) is 14.9 Å². The highest BCUT2D eigenvalue weighted by Crippen LogP contribution is 2.22. The van der Waals surface area contributed by atoms with Crippen LogP contribution in [0.4, 0.5) is 5.69 Å². The first-order chi connectivity index (χ1) is 9.04. The Bertz CT molecular complexity index is 474. The first kappa shape index (κ1) is 13.7. The lowest BCUT2D eigenvalue weighted by molar-refractivity contribution is 0.0742. The quantitative estimate of drug-likeness (QED) is 0.638. The normalized spacial score (nSPS) is 19.0. The number of aromatic nitrogens is 2. The average Bonchev–Trinajstić information content (AvgIpc) is 2.83. The fourth-order valence-electron chi connectivity index (χ4n) is 2.31. The lowest BCUT2D eigenvalue weighted by Crippen LogP contribution is -2.35. The summed E-state index contributed by atoms with van der Waals surface area (Å²) in [5.74, 6) is 6.22. The molecule has 1 unspecified atom stereocenters. The van der Waals surface area contributed by atoms with Crippen molar-refractivity contribution in [3.8, 4) is 0 Å². The zero-order valence-electron chi connectivity index (χ0n) is 11.7. The van der Waals surface area contributed by atoms with E-state index in [0.29, 0.717) is 17.2 Å². The molecule has 6 nitrogen and oxygen atoms in total. The third-order valence-electron chi connectivity index (χ3n) is 3.50. The molecule has 0 aliphatic carbocycles. The molecular formula is C13H21N5O. The Balaban J connectivity index is 2.36. The highest BCUT2D eigenvalue weighted by molar-refractivity contribution is 5.97. The summed E-state index contributed by atoms with van der Waals surface area (Å²) in [6, 6.07) is 0.260. The van der Waals surface area contributed by atoms with Gasteiger partial charge >= 0.3 is 0 Å². The van der Waals surface area contributed by atoms with Crippen molar-refractivity contribution in [2.75, 3.05) is 12.0 Å². The number of carbonyl (C=O) groups excluding carboxylic acids is 1. The molecule has 1 aliphatic heterocycles. The molecule has 104 valence electrons. The second kappa shape index (κ2) is 5.52. The maximum Gasteiger partial charge on any atom is 0.275 e. The minimum atomic E-state index is -0.0674. The van der Waals surface area contributed by atoms with Gasteiger partial charge in [-0.15, -0.1) is 0 Å². The van der Waals surface area contributed by atoms with Gasteiger partial charge in [-0.2, -0.15) is 0 Å². The molecule has 3 N–H and O–H groups in total. The molecule has 2 heterocycles. The Morgan fingerprint density at radius 1 is 1.58 bits per heavy atom. The van der Waals surface area contributed by atoms with Crippen molar-refractivity contribution in [3.63, 3.8) is 0 Å². The maximum absolute atomic E-state index is 12.6. The van der Waals surface area contributed by atoms with E-state index in [0.717, 1.165) is 19.4 Å². The monoisotopic (exact) mass is 263 g/mol. The largest absolute Gasteiger partial charge is 0.335 e. The summed E-state index contributed by atoms with van der Waals surface area (Å²) in [5, 5.41) is 0. The van der Waals surface area contributed by atoms with Gasteiger partial charge in [0.1, 0.15) is 5.82 Å². The molecule has 1 fully saturated rings. The molecule has 1 saturated heterocycles. The lowest BCUT2D eigenvalue weighted by atomic mass is 10.2. The first-order valence-electron chi connectivity index (χ1n) is 6.69. The molecule has 0 saturated carbocycles. The molecule has 0 radical (unpaired) electrons. The number of carbonyl (C=O) groups is 1. The molecule has 1 atom stereocenters. The molecule has 0 spiro atoms. The topological polar surface area (TPSA) is 84.1 Å². The predicted molar refractivity (Wildman–Crippen MR) is 73.7 cm³/mol. The molecule has 2 rings (SSSR count). The van der Waals surface area contributed by atoms with Gasteiger partial charge in [0.05, 0.1) is 11.9 Å². The zero-order valence-corrected chi connectivity index (χ0v) is 11.7. The number of hydrazine groups is 1. The van der Waals surface area contributed by atoms with Gasteiger partial charge < -0.3 is 10.3 Å². The Morgan fingerprint density at radius 3 is 2.84 bits per heavy atom. The minimum absolute atomic E-state index is 0.0674. The number of rotatable bonds is 3. The van der Waals surface area contributed by atoms with Crippen molar-refractivity contribution >= 4 is 11.6 Å². The number of nitrogen functional groups attached to an aromatic ring is 1. The fraction of sp³-hybridized carbons (Fsp3) is 0.615. The van der Waals surface area contributed by atoms with Crippen LogP contribution in [0.3, 0.4) is 0 Å². The average molecular weight is 263 g/mol. The van der Waals surface area contributed by atoms with Crippen molar-refractivity contribution < 1.29 is 4.79 Å². The molecule has 6 heteroatoms. The van der Waals surface area contributed by atoms with Gasteiger partial charge in [-0.3, -0.25) is 10.6 Å². The highest BCUT2D eigenvalue weighted by atomic mass is 16.2. The van der Waals surface area contributed by atoms with Crippen molar-refractivity contribution in [2.24, 2.45) is 5.84 Å². The molecule has 1 aromatic rings. The molecular weight excluding hydrogens is 242 g/mol. The first-order valence-corrected chi connectivity index (χ1v) is 6.69. The number of anilines is 1. The van der Waals surface area contributed by atoms with Crippen LogP contribution >= 0.6 is 0 Å². The van der Waals surface area contributed by atoms with E-state index in [1.54, 1.807) is 6.20 Å². The SMILES string of the molecule is CC(C)c1ncc(NN)c(C(=O)N2CCCC2C)n1. The van der Waals surface area contributed by atoms with Crippen LogP contribution in [0.5, 0.6) is 0 Å². The summed E-state index contributed by atoms with van der Waals surface area (Å²) < 4.78 is 0. The Labute approximate surface area is 113 Å². The van der Waals surface area contributed by atoms with Crippen LogP contribution in [-0.2, 0) is 0 Å². The molecule has 1 aromatic heterocycles. The van der Waals surface area contributed by atoms with E-state index in [1.807, 2.05) is 18.7 Å². The molecule has 1 aliphatic rings. The predicted octanol–water partition coefficient (Wildman–Crippen LogP) is 1.51. The Kier molecular flexibility index (Phi) is 3.99. The Hall–Kier alpha value is -1.69. The number of nitrogens with two attached hydrogens (primary N) is 1. The van der Waals surface area contributed by atoms with Gasteiger partial charge in [0.15, 0.2) is 5.69 Å². The van der Waals surface area contributed by atoms with Crippen LogP contribution in [0.1, 0.15) is 55.8 Å². The van der Waals surface area contributed by atoms with Crippen LogP contribution in [0.2, 0.25) is 0 Å².